The minimum atomic E-state index is -0.419. The number of amides is 1. The summed E-state index contributed by atoms with van der Waals surface area (Å²) in [7, 11) is 3.18. The Hall–Kier alpha value is -3.22. The highest BCUT2D eigenvalue weighted by Crippen LogP contribution is 2.39. The quantitative estimate of drug-likeness (QED) is 0.289. The number of halogens is 1. The SMILES string of the molecule is C#CCOc1c(Br)cc(C=C2SC(=Nc3cccc(C(=O)OCC)c3)N(C)C2=O)cc1OC. The van der Waals surface area contributed by atoms with E-state index < -0.39 is 5.97 Å². The number of terminal acetylenes is 1. The van der Waals surface area contributed by atoms with Gasteiger partial charge in [-0.15, -0.1) is 6.42 Å². The van der Waals surface area contributed by atoms with E-state index >= 15 is 0 Å². The Bertz CT molecular complexity index is 1190. The van der Waals surface area contributed by atoms with Gasteiger partial charge in [0.05, 0.1) is 34.3 Å². The number of aliphatic imine (C=N–C) groups is 1. The number of benzene rings is 2. The Labute approximate surface area is 204 Å². The van der Waals surface area contributed by atoms with Crippen molar-refractivity contribution in [1.82, 2.24) is 4.90 Å². The molecule has 9 heteroatoms. The summed E-state index contributed by atoms with van der Waals surface area (Å²) in [6.45, 7) is 2.14. The van der Waals surface area contributed by atoms with Gasteiger partial charge in [-0.2, -0.15) is 0 Å². The van der Waals surface area contributed by atoms with Crippen LogP contribution in [0.3, 0.4) is 0 Å². The summed E-state index contributed by atoms with van der Waals surface area (Å²) in [5.74, 6) is 2.78. The van der Waals surface area contributed by atoms with E-state index in [9.17, 15) is 9.59 Å². The van der Waals surface area contributed by atoms with Gasteiger partial charge in [-0.1, -0.05) is 12.0 Å². The summed E-state index contributed by atoms with van der Waals surface area (Å²) < 4.78 is 16.6. The number of thioether (sulfide) groups is 1. The maximum Gasteiger partial charge on any atom is 0.338 e. The largest absolute Gasteiger partial charge is 0.493 e. The summed E-state index contributed by atoms with van der Waals surface area (Å²) in [5.41, 5.74) is 1.68. The van der Waals surface area contributed by atoms with Crippen molar-refractivity contribution >= 4 is 56.5 Å². The molecule has 0 aliphatic carbocycles. The smallest absolute Gasteiger partial charge is 0.338 e. The van der Waals surface area contributed by atoms with Crippen molar-refractivity contribution < 1.29 is 23.8 Å². The molecule has 0 radical (unpaired) electrons. The predicted octanol–water partition coefficient (Wildman–Crippen LogP) is 4.88. The molecule has 2 aromatic rings. The number of ether oxygens (including phenoxy) is 3. The number of methoxy groups -OCH3 is 1. The monoisotopic (exact) mass is 528 g/mol. The van der Waals surface area contributed by atoms with E-state index in [1.54, 1.807) is 50.4 Å². The molecule has 1 amide bonds. The number of rotatable bonds is 7. The second-order valence-electron chi connectivity index (χ2n) is 6.67. The minimum Gasteiger partial charge on any atom is -0.493 e. The van der Waals surface area contributed by atoms with Crippen molar-refractivity contribution in [3.8, 4) is 23.8 Å². The lowest BCUT2D eigenvalue weighted by Crippen LogP contribution is -2.23. The van der Waals surface area contributed by atoms with Crippen LogP contribution in [-0.2, 0) is 9.53 Å². The number of carbonyl (C=O) groups is 2. The number of nitrogens with zero attached hydrogens (tertiary/aromatic N) is 2. The lowest BCUT2D eigenvalue weighted by molar-refractivity contribution is -0.121. The molecule has 0 bridgehead atoms. The van der Waals surface area contributed by atoms with Crippen LogP contribution in [0, 0.1) is 12.3 Å². The van der Waals surface area contributed by atoms with Crippen molar-refractivity contribution in [3.63, 3.8) is 0 Å². The molecule has 1 saturated heterocycles. The van der Waals surface area contributed by atoms with E-state index in [4.69, 9.17) is 20.6 Å². The van der Waals surface area contributed by atoms with Crippen LogP contribution in [0.15, 0.2) is 50.8 Å². The Balaban J connectivity index is 1.89. The average Bonchev–Trinajstić information content (AvgIpc) is 3.06. The third-order valence-electron chi connectivity index (χ3n) is 4.43. The van der Waals surface area contributed by atoms with Gasteiger partial charge in [0.2, 0.25) is 0 Å². The van der Waals surface area contributed by atoms with Gasteiger partial charge < -0.3 is 14.2 Å². The van der Waals surface area contributed by atoms with Gasteiger partial charge >= 0.3 is 5.97 Å². The second-order valence-corrected chi connectivity index (χ2v) is 8.53. The lowest BCUT2D eigenvalue weighted by atomic mass is 10.2. The third kappa shape index (κ3) is 5.78. The molecular formula is C24H21BrN2O5S. The average molecular weight is 529 g/mol. The predicted molar refractivity (Wildman–Crippen MR) is 133 cm³/mol. The van der Waals surface area contributed by atoms with Crippen LogP contribution in [0.5, 0.6) is 11.5 Å². The first-order valence-corrected chi connectivity index (χ1v) is 11.5. The van der Waals surface area contributed by atoms with Crippen LogP contribution in [0.2, 0.25) is 0 Å². The van der Waals surface area contributed by atoms with E-state index in [1.807, 2.05) is 6.07 Å². The molecule has 0 spiro atoms. The molecule has 1 aliphatic heterocycles. The molecule has 1 aliphatic rings. The first-order valence-electron chi connectivity index (χ1n) is 9.85. The standard InChI is InChI=1S/C24H21BrN2O5S/c1-5-10-32-21-18(25)11-15(12-19(21)30-4)13-20-22(28)27(3)24(33-20)26-17-9-7-8-16(14-17)23(29)31-6-2/h1,7-9,11-14H,6,10H2,2-4H3. The number of amidine groups is 1. The molecule has 170 valence electrons. The summed E-state index contributed by atoms with van der Waals surface area (Å²) in [6, 6.07) is 10.3. The molecule has 33 heavy (non-hydrogen) atoms. The van der Waals surface area contributed by atoms with E-state index in [-0.39, 0.29) is 19.1 Å². The third-order valence-corrected chi connectivity index (χ3v) is 6.08. The Morgan fingerprint density at radius 2 is 2.12 bits per heavy atom. The van der Waals surface area contributed by atoms with Gasteiger partial charge in [0, 0.05) is 7.05 Å². The summed E-state index contributed by atoms with van der Waals surface area (Å²) >= 11 is 4.70. The fourth-order valence-corrected chi connectivity index (χ4v) is 4.47. The Morgan fingerprint density at radius 3 is 2.82 bits per heavy atom. The normalized spacial score (nSPS) is 15.6. The van der Waals surface area contributed by atoms with Gasteiger partial charge in [0.25, 0.3) is 5.91 Å². The Morgan fingerprint density at radius 1 is 1.33 bits per heavy atom. The van der Waals surface area contributed by atoms with Gasteiger partial charge in [0.15, 0.2) is 16.7 Å². The molecular weight excluding hydrogens is 508 g/mol. The van der Waals surface area contributed by atoms with Crippen LogP contribution in [0.4, 0.5) is 5.69 Å². The highest BCUT2D eigenvalue weighted by molar-refractivity contribution is 9.10. The molecule has 0 aromatic heterocycles. The molecule has 0 N–H and O–H groups in total. The first kappa shape index (κ1) is 24.4. The molecule has 0 atom stereocenters. The zero-order valence-electron chi connectivity index (χ0n) is 18.3. The van der Waals surface area contributed by atoms with Crippen molar-refractivity contribution in [3.05, 3.63) is 56.9 Å². The summed E-state index contributed by atoms with van der Waals surface area (Å²) in [6.07, 6.45) is 7.02. The second kappa shape index (κ2) is 11.1. The summed E-state index contributed by atoms with van der Waals surface area (Å²) in [4.78, 5) is 31.3. The van der Waals surface area contributed by atoms with E-state index in [2.05, 4.69) is 26.8 Å². The van der Waals surface area contributed by atoms with E-state index in [1.165, 1.54) is 23.8 Å². The fraction of sp³-hybridized carbons (Fsp3) is 0.208. The van der Waals surface area contributed by atoms with Crippen LogP contribution >= 0.6 is 27.7 Å². The molecule has 3 rings (SSSR count). The van der Waals surface area contributed by atoms with E-state index in [0.717, 1.165) is 5.56 Å². The minimum absolute atomic E-state index is 0.103. The highest BCUT2D eigenvalue weighted by atomic mass is 79.9. The number of esters is 1. The van der Waals surface area contributed by atoms with Gasteiger partial charge in [0.1, 0.15) is 6.61 Å². The first-order chi connectivity index (χ1) is 15.9. The highest BCUT2D eigenvalue weighted by Gasteiger charge is 2.30. The van der Waals surface area contributed by atoms with Gasteiger partial charge in [-0.3, -0.25) is 9.69 Å². The van der Waals surface area contributed by atoms with Crippen molar-refractivity contribution in [2.45, 2.75) is 6.92 Å². The molecule has 1 heterocycles. The number of hydrogen-bond donors (Lipinski definition) is 0. The van der Waals surface area contributed by atoms with Crippen molar-refractivity contribution in [2.24, 2.45) is 4.99 Å². The maximum absolute atomic E-state index is 12.8. The maximum atomic E-state index is 12.8. The van der Waals surface area contributed by atoms with Gasteiger partial charge in [-0.05, 0) is 76.6 Å². The zero-order chi connectivity index (χ0) is 24.0. The van der Waals surface area contributed by atoms with Crippen LogP contribution in [0.1, 0.15) is 22.8 Å². The number of carbonyl (C=O) groups excluding carboxylic acids is 2. The van der Waals surface area contributed by atoms with Crippen LogP contribution < -0.4 is 9.47 Å². The van der Waals surface area contributed by atoms with Crippen molar-refractivity contribution in [2.75, 3.05) is 27.4 Å². The Kier molecular flexibility index (Phi) is 8.20. The topological polar surface area (TPSA) is 77.4 Å². The number of hydrogen-bond acceptors (Lipinski definition) is 7. The van der Waals surface area contributed by atoms with Gasteiger partial charge in [-0.25, -0.2) is 9.79 Å². The molecule has 0 unspecified atom stereocenters. The number of likely N-dealkylation sites (N-methyl/N-ethyl adjacent to an activating group) is 1. The molecule has 7 nitrogen and oxygen atoms in total. The van der Waals surface area contributed by atoms with Crippen LogP contribution in [-0.4, -0.2) is 49.3 Å². The van der Waals surface area contributed by atoms with Crippen LogP contribution in [0.25, 0.3) is 6.08 Å². The zero-order valence-corrected chi connectivity index (χ0v) is 20.7. The molecule has 2 aromatic carbocycles. The van der Waals surface area contributed by atoms with E-state index in [0.29, 0.717) is 37.3 Å². The summed E-state index contributed by atoms with van der Waals surface area (Å²) in [5, 5.41) is 0.493. The van der Waals surface area contributed by atoms with Crippen molar-refractivity contribution in [1.29, 1.82) is 0 Å². The molecule has 0 saturated carbocycles. The lowest BCUT2D eigenvalue weighted by Gasteiger charge is -2.12. The fourth-order valence-electron chi connectivity index (χ4n) is 2.91. The molecule has 1 fully saturated rings.